The maximum atomic E-state index is 13.2. The van der Waals surface area contributed by atoms with Gasteiger partial charge in [0.05, 0.1) is 12.2 Å². The quantitative estimate of drug-likeness (QED) is 0.886. The van der Waals surface area contributed by atoms with Crippen molar-refractivity contribution in [1.82, 2.24) is 4.90 Å². The highest BCUT2D eigenvalue weighted by molar-refractivity contribution is 5.27. The molecule has 2 heterocycles. The van der Waals surface area contributed by atoms with E-state index in [1.807, 2.05) is 6.07 Å². The maximum absolute atomic E-state index is 13.2. The zero-order valence-corrected chi connectivity index (χ0v) is 10.4. The van der Waals surface area contributed by atoms with Crippen molar-refractivity contribution in [3.63, 3.8) is 0 Å². The van der Waals surface area contributed by atoms with Crippen LogP contribution in [0.1, 0.15) is 24.0 Å². The first-order valence-electron chi connectivity index (χ1n) is 6.60. The first kappa shape index (κ1) is 12.1. The van der Waals surface area contributed by atoms with Gasteiger partial charge in [0.2, 0.25) is 0 Å². The molecule has 2 bridgehead atoms. The van der Waals surface area contributed by atoms with Crippen LogP contribution in [-0.4, -0.2) is 30.2 Å². The lowest BCUT2D eigenvalue weighted by Gasteiger charge is -2.32. The number of ether oxygens (including phenoxy) is 1. The minimum absolute atomic E-state index is 0.207. The number of rotatable bonds is 3. The second kappa shape index (κ2) is 4.96. The Morgan fingerprint density at radius 2 is 1.94 bits per heavy atom. The molecule has 2 saturated heterocycles. The van der Waals surface area contributed by atoms with E-state index in [-0.39, 0.29) is 5.82 Å². The SMILES string of the molecule is NCc1cc(F)ccc1CN1CC2CCC(C1)O2. The molecule has 2 aliphatic heterocycles. The van der Waals surface area contributed by atoms with Gasteiger partial charge in [-0.15, -0.1) is 0 Å². The molecule has 4 heteroatoms. The van der Waals surface area contributed by atoms with Gasteiger partial charge < -0.3 is 10.5 Å². The molecule has 0 amide bonds. The molecular weight excluding hydrogens is 231 g/mol. The van der Waals surface area contributed by atoms with Crippen LogP contribution < -0.4 is 5.73 Å². The number of morpholine rings is 1. The Bertz CT molecular complexity index is 426. The molecule has 2 atom stereocenters. The molecule has 1 aromatic carbocycles. The van der Waals surface area contributed by atoms with Crippen LogP contribution in [-0.2, 0) is 17.8 Å². The fourth-order valence-corrected chi connectivity index (χ4v) is 3.01. The molecule has 0 radical (unpaired) electrons. The third-order valence-corrected chi connectivity index (χ3v) is 3.90. The molecule has 0 aromatic heterocycles. The molecule has 3 nitrogen and oxygen atoms in total. The molecule has 2 N–H and O–H groups in total. The highest BCUT2D eigenvalue weighted by Gasteiger charge is 2.33. The predicted octanol–water partition coefficient (Wildman–Crippen LogP) is 1.65. The van der Waals surface area contributed by atoms with Crippen molar-refractivity contribution in [3.05, 3.63) is 35.1 Å². The van der Waals surface area contributed by atoms with E-state index in [1.54, 1.807) is 6.07 Å². The molecule has 0 aliphatic carbocycles. The summed E-state index contributed by atoms with van der Waals surface area (Å²) in [6.45, 7) is 3.21. The molecular formula is C14H19FN2O. The van der Waals surface area contributed by atoms with Gasteiger partial charge in [0.25, 0.3) is 0 Å². The summed E-state index contributed by atoms with van der Waals surface area (Å²) < 4.78 is 19.0. The molecule has 2 unspecified atom stereocenters. The van der Waals surface area contributed by atoms with E-state index in [0.717, 1.165) is 30.8 Å². The molecule has 2 fully saturated rings. The summed E-state index contributed by atoms with van der Waals surface area (Å²) in [7, 11) is 0. The summed E-state index contributed by atoms with van der Waals surface area (Å²) in [5, 5.41) is 0. The Morgan fingerprint density at radius 1 is 1.22 bits per heavy atom. The lowest BCUT2D eigenvalue weighted by atomic mass is 10.1. The van der Waals surface area contributed by atoms with Crippen LogP contribution in [0.15, 0.2) is 18.2 Å². The van der Waals surface area contributed by atoms with Gasteiger partial charge in [-0.2, -0.15) is 0 Å². The summed E-state index contributed by atoms with van der Waals surface area (Å²) in [6, 6.07) is 4.92. The molecule has 0 saturated carbocycles. The van der Waals surface area contributed by atoms with Crippen LogP contribution in [0.25, 0.3) is 0 Å². The number of nitrogens with zero attached hydrogens (tertiary/aromatic N) is 1. The topological polar surface area (TPSA) is 38.5 Å². The smallest absolute Gasteiger partial charge is 0.123 e. The normalized spacial score (nSPS) is 27.7. The Morgan fingerprint density at radius 3 is 2.61 bits per heavy atom. The van der Waals surface area contributed by atoms with Gasteiger partial charge in [0, 0.05) is 26.2 Å². The van der Waals surface area contributed by atoms with Crippen molar-refractivity contribution < 1.29 is 9.13 Å². The van der Waals surface area contributed by atoms with Crippen molar-refractivity contribution in [1.29, 1.82) is 0 Å². The maximum Gasteiger partial charge on any atom is 0.123 e. The van der Waals surface area contributed by atoms with Gasteiger partial charge in [-0.25, -0.2) is 4.39 Å². The van der Waals surface area contributed by atoms with Gasteiger partial charge in [-0.3, -0.25) is 4.90 Å². The molecule has 3 rings (SSSR count). The van der Waals surface area contributed by atoms with E-state index in [2.05, 4.69) is 4.90 Å². The first-order valence-corrected chi connectivity index (χ1v) is 6.60. The third-order valence-electron chi connectivity index (χ3n) is 3.90. The molecule has 0 spiro atoms. The summed E-state index contributed by atoms with van der Waals surface area (Å²) in [5.74, 6) is -0.207. The van der Waals surface area contributed by atoms with Gasteiger partial charge in [0.15, 0.2) is 0 Å². The number of benzene rings is 1. The van der Waals surface area contributed by atoms with Crippen LogP contribution in [0.4, 0.5) is 4.39 Å². The van der Waals surface area contributed by atoms with Crippen molar-refractivity contribution >= 4 is 0 Å². The van der Waals surface area contributed by atoms with Crippen LogP contribution >= 0.6 is 0 Å². The van der Waals surface area contributed by atoms with E-state index in [0.29, 0.717) is 18.8 Å². The van der Waals surface area contributed by atoms with Gasteiger partial charge >= 0.3 is 0 Å². The molecule has 98 valence electrons. The zero-order valence-electron chi connectivity index (χ0n) is 10.4. The van der Waals surface area contributed by atoms with Crippen molar-refractivity contribution in [2.75, 3.05) is 13.1 Å². The third kappa shape index (κ3) is 2.41. The number of likely N-dealkylation sites (tertiary alicyclic amines) is 1. The highest BCUT2D eigenvalue weighted by Crippen LogP contribution is 2.27. The highest BCUT2D eigenvalue weighted by atomic mass is 19.1. The predicted molar refractivity (Wildman–Crippen MR) is 67.5 cm³/mol. The van der Waals surface area contributed by atoms with Crippen LogP contribution in [0.5, 0.6) is 0 Å². The number of nitrogens with two attached hydrogens (primary N) is 1. The first-order chi connectivity index (χ1) is 8.74. The molecule has 2 aliphatic rings. The Kier molecular flexibility index (Phi) is 3.33. The fourth-order valence-electron chi connectivity index (χ4n) is 3.01. The fraction of sp³-hybridized carbons (Fsp3) is 0.571. The van der Waals surface area contributed by atoms with Crippen molar-refractivity contribution in [2.45, 2.75) is 38.1 Å². The summed E-state index contributed by atoms with van der Waals surface area (Å²) >= 11 is 0. The lowest BCUT2D eigenvalue weighted by molar-refractivity contribution is -0.0411. The van der Waals surface area contributed by atoms with Crippen LogP contribution in [0.2, 0.25) is 0 Å². The minimum Gasteiger partial charge on any atom is -0.372 e. The van der Waals surface area contributed by atoms with E-state index in [9.17, 15) is 4.39 Å². The van der Waals surface area contributed by atoms with Gasteiger partial charge in [-0.05, 0) is 36.1 Å². The second-order valence-electron chi connectivity index (χ2n) is 5.27. The van der Waals surface area contributed by atoms with Crippen LogP contribution in [0.3, 0.4) is 0 Å². The Balaban J connectivity index is 1.72. The van der Waals surface area contributed by atoms with Gasteiger partial charge in [0.1, 0.15) is 5.82 Å². The number of hydrogen-bond donors (Lipinski definition) is 1. The van der Waals surface area contributed by atoms with Crippen molar-refractivity contribution in [3.8, 4) is 0 Å². The van der Waals surface area contributed by atoms with E-state index in [4.69, 9.17) is 10.5 Å². The standard InChI is InChI=1S/C14H19FN2O/c15-12-2-1-10(11(5-12)6-16)7-17-8-13-3-4-14(9-17)18-13/h1-2,5,13-14H,3-4,6-9,16H2. The van der Waals surface area contributed by atoms with Crippen LogP contribution in [0, 0.1) is 5.82 Å². The average molecular weight is 250 g/mol. The number of hydrogen-bond acceptors (Lipinski definition) is 3. The van der Waals surface area contributed by atoms with Gasteiger partial charge in [-0.1, -0.05) is 6.07 Å². The average Bonchev–Trinajstić information content (AvgIpc) is 2.71. The lowest BCUT2D eigenvalue weighted by Crippen LogP contribution is -2.42. The number of fused-ring (bicyclic) bond motifs is 2. The van der Waals surface area contributed by atoms with E-state index in [1.165, 1.54) is 18.9 Å². The zero-order chi connectivity index (χ0) is 12.5. The van der Waals surface area contributed by atoms with Crippen molar-refractivity contribution in [2.24, 2.45) is 5.73 Å². The summed E-state index contributed by atoms with van der Waals surface area (Å²) in [4.78, 5) is 2.40. The minimum atomic E-state index is -0.207. The monoisotopic (exact) mass is 250 g/mol. The summed E-state index contributed by atoms with van der Waals surface area (Å²) in [5.41, 5.74) is 7.73. The molecule has 18 heavy (non-hydrogen) atoms. The Labute approximate surface area is 107 Å². The second-order valence-corrected chi connectivity index (χ2v) is 5.27. The number of halogens is 1. The summed E-state index contributed by atoms with van der Waals surface area (Å²) in [6.07, 6.45) is 3.14. The van der Waals surface area contributed by atoms with E-state index < -0.39 is 0 Å². The largest absolute Gasteiger partial charge is 0.372 e. The van der Waals surface area contributed by atoms with E-state index >= 15 is 0 Å². The Hall–Kier alpha value is -0.970. The molecule has 1 aromatic rings.